The van der Waals surface area contributed by atoms with Crippen molar-refractivity contribution in [2.24, 2.45) is 17.6 Å². The number of nitrogens with zero attached hydrogens (tertiary/aromatic N) is 1. The molecule has 2 atom stereocenters. The second-order valence-electron chi connectivity index (χ2n) is 4.97. The van der Waals surface area contributed by atoms with E-state index in [2.05, 4.69) is 17.3 Å². The van der Waals surface area contributed by atoms with Crippen LogP contribution in [0.4, 0.5) is 0 Å². The first kappa shape index (κ1) is 10.4. The van der Waals surface area contributed by atoms with Crippen LogP contribution in [0.5, 0.6) is 0 Å². The topological polar surface area (TPSA) is 41.3 Å². The Morgan fingerprint density at radius 1 is 1.21 bits per heavy atom. The zero-order chi connectivity index (χ0) is 9.97. The van der Waals surface area contributed by atoms with Crippen LogP contribution in [0, 0.1) is 11.8 Å². The maximum absolute atomic E-state index is 6.34. The monoisotopic (exact) mass is 197 g/mol. The van der Waals surface area contributed by atoms with Crippen molar-refractivity contribution in [2.75, 3.05) is 33.2 Å². The van der Waals surface area contributed by atoms with Gasteiger partial charge in [0.05, 0.1) is 0 Å². The molecular weight excluding hydrogens is 174 g/mol. The fraction of sp³-hybridized carbons (Fsp3) is 1.00. The number of piperidine rings is 1. The van der Waals surface area contributed by atoms with Crippen molar-refractivity contribution >= 4 is 0 Å². The Morgan fingerprint density at radius 3 is 2.50 bits per heavy atom. The van der Waals surface area contributed by atoms with Gasteiger partial charge in [-0.25, -0.2) is 0 Å². The van der Waals surface area contributed by atoms with Crippen molar-refractivity contribution in [3.05, 3.63) is 0 Å². The Bertz CT molecular complexity index is 169. The van der Waals surface area contributed by atoms with E-state index in [-0.39, 0.29) is 0 Å². The van der Waals surface area contributed by atoms with Crippen LogP contribution < -0.4 is 11.1 Å². The highest BCUT2D eigenvalue weighted by Crippen LogP contribution is 2.25. The van der Waals surface area contributed by atoms with Crippen molar-refractivity contribution in [1.82, 2.24) is 10.2 Å². The zero-order valence-electron chi connectivity index (χ0n) is 9.21. The molecule has 2 heterocycles. The Morgan fingerprint density at radius 2 is 1.93 bits per heavy atom. The minimum absolute atomic E-state index is 0.443. The molecule has 14 heavy (non-hydrogen) atoms. The molecule has 2 aliphatic heterocycles. The largest absolute Gasteiger partial charge is 0.327 e. The SMILES string of the molecule is CN1CCC(C(N)C2CCNC2)CC1. The molecule has 0 bridgehead atoms. The van der Waals surface area contributed by atoms with Gasteiger partial charge in [-0.15, -0.1) is 0 Å². The van der Waals surface area contributed by atoms with Crippen LogP contribution >= 0.6 is 0 Å². The number of likely N-dealkylation sites (tertiary alicyclic amines) is 1. The van der Waals surface area contributed by atoms with Gasteiger partial charge in [-0.2, -0.15) is 0 Å². The summed E-state index contributed by atoms with van der Waals surface area (Å²) in [5.41, 5.74) is 6.34. The van der Waals surface area contributed by atoms with E-state index in [9.17, 15) is 0 Å². The molecule has 0 aromatic heterocycles. The Hall–Kier alpha value is -0.120. The van der Waals surface area contributed by atoms with Gasteiger partial charge >= 0.3 is 0 Å². The van der Waals surface area contributed by atoms with E-state index in [0.717, 1.165) is 18.4 Å². The molecule has 82 valence electrons. The van der Waals surface area contributed by atoms with Gasteiger partial charge in [-0.05, 0) is 64.3 Å². The summed E-state index contributed by atoms with van der Waals surface area (Å²) in [4.78, 5) is 2.41. The maximum Gasteiger partial charge on any atom is 0.0109 e. The van der Waals surface area contributed by atoms with Crippen molar-refractivity contribution in [3.63, 3.8) is 0 Å². The van der Waals surface area contributed by atoms with Crippen LogP contribution in [-0.2, 0) is 0 Å². The highest BCUT2D eigenvalue weighted by Gasteiger charge is 2.30. The van der Waals surface area contributed by atoms with Crippen LogP contribution in [0.1, 0.15) is 19.3 Å². The molecule has 0 spiro atoms. The molecule has 3 nitrogen and oxygen atoms in total. The molecule has 2 aliphatic rings. The second kappa shape index (κ2) is 4.60. The van der Waals surface area contributed by atoms with Gasteiger partial charge in [0, 0.05) is 6.04 Å². The molecule has 0 saturated carbocycles. The number of hydrogen-bond acceptors (Lipinski definition) is 3. The number of hydrogen-bond donors (Lipinski definition) is 2. The van der Waals surface area contributed by atoms with Crippen molar-refractivity contribution in [3.8, 4) is 0 Å². The van der Waals surface area contributed by atoms with Crippen molar-refractivity contribution in [1.29, 1.82) is 0 Å². The average Bonchev–Trinajstić information content (AvgIpc) is 2.71. The highest BCUT2D eigenvalue weighted by molar-refractivity contribution is 4.87. The van der Waals surface area contributed by atoms with E-state index in [4.69, 9.17) is 5.73 Å². The van der Waals surface area contributed by atoms with Gasteiger partial charge in [-0.1, -0.05) is 0 Å². The lowest BCUT2D eigenvalue weighted by molar-refractivity contribution is 0.177. The van der Waals surface area contributed by atoms with Crippen LogP contribution in [0.3, 0.4) is 0 Å². The van der Waals surface area contributed by atoms with Gasteiger partial charge in [0.25, 0.3) is 0 Å². The molecule has 2 unspecified atom stereocenters. The van der Waals surface area contributed by atoms with Gasteiger partial charge in [-0.3, -0.25) is 0 Å². The minimum Gasteiger partial charge on any atom is -0.327 e. The van der Waals surface area contributed by atoms with E-state index in [1.54, 1.807) is 0 Å². The summed E-state index contributed by atoms with van der Waals surface area (Å²) < 4.78 is 0. The summed E-state index contributed by atoms with van der Waals surface area (Å²) in [5, 5.41) is 3.41. The summed E-state index contributed by atoms with van der Waals surface area (Å²) >= 11 is 0. The van der Waals surface area contributed by atoms with Gasteiger partial charge in [0.15, 0.2) is 0 Å². The first-order valence-electron chi connectivity index (χ1n) is 5.92. The molecule has 2 rings (SSSR count). The molecule has 3 heteroatoms. The zero-order valence-corrected chi connectivity index (χ0v) is 9.21. The molecule has 0 amide bonds. The molecule has 2 saturated heterocycles. The summed E-state index contributed by atoms with van der Waals surface area (Å²) in [6.45, 7) is 4.79. The average molecular weight is 197 g/mol. The summed E-state index contributed by atoms with van der Waals surface area (Å²) in [6.07, 6.45) is 3.88. The fourth-order valence-corrected chi connectivity index (χ4v) is 2.80. The van der Waals surface area contributed by atoms with Crippen molar-refractivity contribution < 1.29 is 0 Å². The molecule has 0 radical (unpaired) electrons. The van der Waals surface area contributed by atoms with E-state index in [1.165, 1.54) is 38.9 Å². The standard InChI is InChI=1S/C11H23N3/c1-14-6-3-9(4-7-14)11(12)10-2-5-13-8-10/h9-11,13H,2-8,12H2,1H3. The molecule has 2 fully saturated rings. The molecule has 3 N–H and O–H groups in total. The Kier molecular flexibility index (Phi) is 3.42. The van der Waals surface area contributed by atoms with Crippen LogP contribution in [0.15, 0.2) is 0 Å². The second-order valence-corrected chi connectivity index (χ2v) is 4.97. The minimum atomic E-state index is 0.443. The highest BCUT2D eigenvalue weighted by atomic mass is 15.1. The predicted octanol–water partition coefficient (Wildman–Crippen LogP) is 0.265. The molecule has 0 aromatic rings. The molecule has 0 aromatic carbocycles. The lowest BCUT2D eigenvalue weighted by atomic mass is 9.82. The molecule has 0 aliphatic carbocycles. The Labute approximate surface area is 87.0 Å². The van der Waals surface area contributed by atoms with E-state index in [0.29, 0.717) is 6.04 Å². The summed E-state index contributed by atoms with van der Waals surface area (Å²) in [7, 11) is 2.21. The van der Waals surface area contributed by atoms with E-state index in [1.807, 2.05) is 0 Å². The first-order valence-corrected chi connectivity index (χ1v) is 5.92. The third-order valence-corrected chi connectivity index (χ3v) is 3.95. The lowest BCUT2D eigenvalue weighted by Crippen LogP contribution is -2.44. The van der Waals surface area contributed by atoms with E-state index >= 15 is 0 Å². The first-order chi connectivity index (χ1) is 6.77. The number of rotatable bonds is 2. The van der Waals surface area contributed by atoms with Gasteiger partial charge in [0.1, 0.15) is 0 Å². The fourth-order valence-electron chi connectivity index (χ4n) is 2.80. The third kappa shape index (κ3) is 2.27. The van der Waals surface area contributed by atoms with Crippen LogP contribution in [0.25, 0.3) is 0 Å². The Balaban J connectivity index is 1.82. The number of nitrogens with two attached hydrogens (primary N) is 1. The van der Waals surface area contributed by atoms with Crippen LogP contribution in [0.2, 0.25) is 0 Å². The predicted molar refractivity (Wildman–Crippen MR) is 59.2 cm³/mol. The van der Waals surface area contributed by atoms with E-state index < -0.39 is 0 Å². The third-order valence-electron chi connectivity index (χ3n) is 3.95. The van der Waals surface area contributed by atoms with Gasteiger partial charge < -0.3 is 16.0 Å². The number of nitrogens with one attached hydrogen (secondary N) is 1. The normalized spacial score (nSPS) is 33.4. The molecular formula is C11H23N3. The lowest BCUT2D eigenvalue weighted by Gasteiger charge is -2.34. The maximum atomic E-state index is 6.34. The quantitative estimate of drug-likeness (QED) is 0.667. The smallest absolute Gasteiger partial charge is 0.0109 e. The van der Waals surface area contributed by atoms with Crippen molar-refractivity contribution in [2.45, 2.75) is 25.3 Å². The summed E-state index contributed by atoms with van der Waals surface area (Å²) in [6, 6.07) is 0.443. The van der Waals surface area contributed by atoms with Crippen LogP contribution in [-0.4, -0.2) is 44.2 Å². The summed E-state index contributed by atoms with van der Waals surface area (Å²) in [5.74, 6) is 1.51. The van der Waals surface area contributed by atoms with Gasteiger partial charge in [0.2, 0.25) is 0 Å².